The average molecular weight is 266 g/mol. The molecule has 0 spiro atoms. The van der Waals surface area contributed by atoms with Crippen LogP contribution in [-0.4, -0.2) is 49.2 Å². The van der Waals surface area contributed by atoms with Gasteiger partial charge in [-0.25, -0.2) is 0 Å². The molecule has 3 saturated heterocycles. The number of carbonyl (C=O) groups is 1. The predicted molar refractivity (Wildman–Crippen MR) is 73.8 cm³/mol. The summed E-state index contributed by atoms with van der Waals surface area (Å²) in [5.41, 5.74) is 0. The van der Waals surface area contributed by atoms with E-state index in [1.54, 1.807) is 0 Å². The molecule has 3 unspecified atom stereocenters. The second kappa shape index (κ2) is 5.80. The number of hydrogen-bond donors (Lipinski definition) is 1. The van der Waals surface area contributed by atoms with E-state index in [0.29, 0.717) is 18.6 Å². The van der Waals surface area contributed by atoms with Crippen LogP contribution in [0.3, 0.4) is 0 Å². The van der Waals surface area contributed by atoms with Gasteiger partial charge < -0.3 is 15.0 Å². The molecule has 0 aromatic rings. The molecule has 108 valence electrons. The predicted octanol–water partition coefficient (Wildman–Crippen LogP) is 1.40. The molecule has 3 heterocycles. The Bertz CT molecular complexity index is 320. The Morgan fingerprint density at radius 2 is 2.05 bits per heavy atom. The third kappa shape index (κ3) is 2.95. The monoisotopic (exact) mass is 266 g/mol. The number of hydrogen-bond acceptors (Lipinski definition) is 3. The molecule has 0 bridgehead atoms. The van der Waals surface area contributed by atoms with Crippen molar-refractivity contribution in [3.63, 3.8) is 0 Å². The number of likely N-dealkylation sites (tertiary alicyclic amines) is 1. The minimum atomic E-state index is 0.121. The highest BCUT2D eigenvalue weighted by Gasteiger charge is 2.35. The van der Waals surface area contributed by atoms with Crippen LogP contribution in [0.15, 0.2) is 0 Å². The first-order valence-corrected chi connectivity index (χ1v) is 7.88. The first kappa shape index (κ1) is 13.4. The Kier molecular flexibility index (Phi) is 4.08. The molecule has 1 N–H and O–H groups in total. The third-order valence-electron chi connectivity index (χ3n) is 5.07. The van der Waals surface area contributed by atoms with E-state index < -0.39 is 0 Å². The van der Waals surface area contributed by atoms with Crippen LogP contribution >= 0.6 is 0 Å². The molecular formula is C15H26N2O2. The summed E-state index contributed by atoms with van der Waals surface area (Å²) in [5, 5.41) is 3.61. The van der Waals surface area contributed by atoms with Gasteiger partial charge in [-0.3, -0.25) is 4.79 Å². The Labute approximate surface area is 115 Å². The van der Waals surface area contributed by atoms with Gasteiger partial charge >= 0.3 is 0 Å². The van der Waals surface area contributed by atoms with Gasteiger partial charge in [0.25, 0.3) is 0 Å². The van der Waals surface area contributed by atoms with Crippen molar-refractivity contribution in [1.29, 1.82) is 0 Å². The van der Waals surface area contributed by atoms with Gasteiger partial charge in [-0.2, -0.15) is 0 Å². The Hall–Kier alpha value is -0.610. The van der Waals surface area contributed by atoms with Crippen LogP contribution in [0.1, 0.15) is 39.0 Å². The Morgan fingerprint density at radius 3 is 2.63 bits per heavy atom. The fourth-order valence-electron chi connectivity index (χ4n) is 3.88. The van der Waals surface area contributed by atoms with Crippen LogP contribution in [0.4, 0.5) is 0 Å². The first-order chi connectivity index (χ1) is 9.24. The molecule has 4 nitrogen and oxygen atoms in total. The van der Waals surface area contributed by atoms with Gasteiger partial charge in [-0.1, -0.05) is 0 Å². The number of amides is 1. The molecule has 3 rings (SSSR count). The van der Waals surface area contributed by atoms with Crippen molar-refractivity contribution >= 4 is 5.91 Å². The Morgan fingerprint density at radius 1 is 1.26 bits per heavy atom. The van der Waals surface area contributed by atoms with E-state index in [1.807, 2.05) is 0 Å². The summed E-state index contributed by atoms with van der Waals surface area (Å²) in [6.45, 7) is 5.77. The highest BCUT2D eigenvalue weighted by Crippen LogP contribution is 2.28. The summed E-state index contributed by atoms with van der Waals surface area (Å²) in [7, 11) is 0. The van der Waals surface area contributed by atoms with E-state index in [0.717, 1.165) is 25.4 Å². The van der Waals surface area contributed by atoms with Gasteiger partial charge in [0.2, 0.25) is 5.91 Å². The summed E-state index contributed by atoms with van der Waals surface area (Å²) in [4.78, 5) is 14.5. The maximum Gasteiger partial charge on any atom is 0.228 e. The van der Waals surface area contributed by atoms with Crippen LogP contribution in [-0.2, 0) is 9.53 Å². The quantitative estimate of drug-likeness (QED) is 0.821. The molecule has 0 radical (unpaired) electrons. The van der Waals surface area contributed by atoms with E-state index in [-0.39, 0.29) is 12.0 Å². The van der Waals surface area contributed by atoms with E-state index in [9.17, 15) is 4.79 Å². The lowest BCUT2D eigenvalue weighted by Gasteiger charge is -2.36. The fraction of sp³-hybridized carbons (Fsp3) is 0.933. The van der Waals surface area contributed by atoms with Crippen LogP contribution in [0, 0.1) is 11.8 Å². The van der Waals surface area contributed by atoms with Gasteiger partial charge in [0.1, 0.15) is 0 Å². The van der Waals surface area contributed by atoms with Crippen LogP contribution in [0.5, 0.6) is 0 Å². The number of nitrogens with one attached hydrogen (secondary N) is 1. The highest BCUT2D eigenvalue weighted by atomic mass is 16.5. The largest absolute Gasteiger partial charge is 0.378 e. The molecule has 3 aliphatic rings. The van der Waals surface area contributed by atoms with Gasteiger partial charge in [0.15, 0.2) is 0 Å². The number of piperidine rings is 1. The van der Waals surface area contributed by atoms with Crippen molar-refractivity contribution in [3.8, 4) is 0 Å². The van der Waals surface area contributed by atoms with Crippen molar-refractivity contribution in [3.05, 3.63) is 0 Å². The van der Waals surface area contributed by atoms with Gasteiger partial charge in [-0.05, 0) is 51.5 Å². The van der Waals surface area contributed by atoms with Gasteiger partial charge in [0, 0.05) is 19.1 Å². The lowest BCUT2D eigenvalue weighted by molar-refractivity contribution is -0.137. The molecule has 0 aromatic heterocycles. The highest BCUT2D eigenvalue weighted by molar-refractivity contribution is 5.79. The summed E-state index contributed by atoms with van der Waals surface area (Å²) in [6, 6.07) is 0.715. The van der Waals surface area contributed by atoms with Crippen LogP contribution in [0.2, 0.25) is 0 Å². The standard InChI is InChI=1S/C15H26N2O2/c1-11-9-13(10-19-11)15(18)17-7-4-12(5-8-17)14-3-2-6-16-14/h11-14,16H,2-10H2,1H3. The van der Waals surface area contributed by atoms with E-state index in [4.69, 9.17) is 4.74 Å². The maximum absolute atomic E-state index is 12.4. The van der Waals surface area contributed by atoms with Crippen molar-refractivity contribution in [2.75, 3.05) is 26.2 Å². The molecule has 3 atom stereocenters. The molecule has 0 aromatic carbocycles. The molecule has 3 fully saturated rings. The normalized spacial score (nSPS) is 36.9. The topological polar surface area (TPSA) is 41.6 Å². The number of rotatable bonds is 2. The smallest absolute Gasteiger partial charge is 0.228 e. The average Bonchev–Trinajstić information content (AvgIpc) is 3.09. The lowest BCUT2D eigenvalue weighted by atomic mass is 9.88. The van der Waals surface area contributed by atoms with Gasteiger partial charge in [-0.15, -0.1) is 0 Å². The molecule has 0 saturated carbocycles. The summed E-state index contributed by atoms with van der Waals surface area (Å²) in [5.74, 6) is 1.24. The van der Waals surface area contributed by atoms with Crippen molar-refractivity contribution in [2.24, 2.45) is 11.8 Å². The second-order valence-corrected chi connectivity index (χ2v) is 6.44. The lowest BCUT2D eigenvalue weighted by Crippen LogP contribution is -2.45. The zero-order valence-corrected chi connectivity index (χ0v) is 11.9. The summed E-state index contributed by atoms with van der Waals surface area (Å²) in [6.07, 6.45) is 6.16. The molecular weight excluding hydrogens is 240 g/mol. The number of carbonyl (C=O) groups excluding carboxylic acids is 1. The third-order valence-corrected chi connectivity index (χ3v) is 5.07. The number of nitrogens with zero attached hydrogens (tertiary/aromatic N) is 1. The van der Waals surface area contributed by atoms with Crippen molar-refractivity contribution < 1.29 is 9.53 Å². The van der Waals surface area contributed by atoms with Gasteiger partial charge in [0.05, 0.1) is 18.6 Å². The zero-order chi connectivity index (χ0) is 13.2. The summed E-state index contributed by atoms with van der Waals surface area (Å²) < 4.78 is 5.52. The molecule has 19 heavy (non-hydrogen) atoms. The van der Waals surface area contributed by atoms with Crippen LogP contribution < -0.4 is 5.32 Å². The van der Waals surface area contributed by atoms with Crippen molar-refractivity contribution in [1.82, 2.24) is 10.2 Å². The Balaban J connectivity index is 1.48. The number of ether oxygens (including phenoxy) is 1. The maximum atomic E-state index is 12.4. The molecule has 0 aliphatic carbocycles. The molecule has 1 amide bonds. The summed E-state index contributed by atoms with van der Waals surface area (Å²) >= 11 is 0. The minimum Gasteiger partial charge on any atom is -0.378 e. The minimum absolute atomic E-state index is 0.121. The SMILES string of the molecule is CC1CC(C(=O)N2CCC(C3CCCN3)CC2)CO1. The van der Waals surface area contributed by atoms with E-state index in [2.05, 4.69) is 17.1 Å². The molecule has 3 aliphatic heterocycles. The van der Waals surface area contributed by atoms with Crippen molar-refractivity contribution in [2.45, 2.75) is 51.2 Å². The zero-order valence-electron chi connectivity index (χ0n) is 11.9. The first-order valence-electron chi connectivity index (χ1n) is 7.88. The van der Waals surface area contributed by atoms with E-state index in [1.165, 1.54) is 32.2 Å². The fourth-order valence-corrected chi connectivity index (χ4v) is 3.88. The second-order valence-electron chi connectivity index (χ2n) is 6.44. The van der Waals surface area contributed by atoms with Crippen LogP contribution in [0.25, 0.3) is 0 Å². The van der Waals surface area contributed by atoms with E-state index >= 15 is 0 Å². The molecule has 4 heteroatoms.